The summed E-state index contributed by atoms with van der Waals surface area (Å²) in [6.07, 6.45) is 5.30. The molecule has 0 fully saturated rings. The molecule has 3 nitrogen and oxygen atoms in total. The molecule has 0 spiro atoms. The SMILES string of the molecule is CC(C)(C)c1ccnc(Cc2cccc(Cc3cc(C(C)(C)C)ccn3)n2)c1. The monoisotopic (exact) mass is 373 g/mol. The molecule has 3 aromatic heterocycles. The van der Waals surface area contributed by atoms with Crippen molar-refractivity contribution in [3.05, 3.63) is 88.8 Å². The molecule has 0 unspecified atom stereocenters. The normalized spacial score (nSPS) is 12.2. The highest BCUT2D eigenvalue weighted by Crippen LogP contribution is 2.24. The van der Waals surface area contributed by atoms with Gasteiger partial charge in [0.15, 0.2) is 0 Å². The predicted octanol–water partition coefficient (Wildman–Crippen LogP) is 5.65. The third-order valence-corrected chi connectivity index (χ3v) is 4.95. The van der Waals surface area contributed by atoms with Crippen molar-refractivity contribution in [2.75, 3.05) is 0 Å². The molecular formula is C25H31N3. The van der Waals surface area contributed by atoms with Gasteiger partial charge in [-0.2, -0.15) is 0 Å². The van der Waals surface area contributed by atoms with Gasteiger partial charge in [-0.15, -0.1) is 0 Å². The van der Waals surface area contributed by atoms with Gasteiger partial charge < -0.3 is 0 Å². The fraction of sp³-hybridized carbons (Fsp3) is 0.400. The van der Waals surface area contributed by atoms with E-state index in [9.17, 15) is 0 Å². The van der Waals surface area contributed by atoms with Crippen LogP contribution in [0.25, 0.3) is 0 Å². The molecule has 0 saturated carbocycles. The van der Waals surface area contributed by atoms with E-state index in [-0.39, 0.29) is 10.8 Å². The zero-order chi connectivity index (χ0) is 20.4. The second-order valence-corrected chi connectivity index (χ2v) is 9.55. The Morgan fingerprint density at radius 1 is 0.607 bits per heavy atom. The molecule has 0 N–H and O–H groups in total. The van der Waals surface area contributed by atoms with Crippen molar-refractivity contribution in [3.8, 4) is 0 Å². The number of rotatable bonds is 4. The molecule has 0 aliphatic carbocycles. The lowest BCUT2D eigenvalue weighted by Gasteiger charge is -2.19. The van der Waals surface area contributed by atoms with Gasteiger partial charge in [-0.1, -0.05) is 47.6 Å². The van der Waals surface area contributed by atoms with Crippen LogP contribution in [0.5, 0.6) is 0 Å². The van der Waals surface area contributed by atoms with Crippen LogP contribution in [0.15, 0.2) is 54.9 Å². The summed E-state index contributed by atoms with van der Waals surface area (Å²) >= 11 is 0. The number of pyridine rings is 3. The van der Waals surface area contributed by atoms with Gasteiger partial charge in [0.05, 0.1) is 0 Å². The molecule has 3 heteroatoms. The maximum atomic E-state index is 4.87. The van der Waals surface area contributed by atoms with Crippen molar-refractivity contribution in [1.29, 1.82) is 0 Å². The number of hydrogen-bond acceptors (Lipinski definition) is 3. The van der Waals surface area contributed by atoms with Crippen molar-refractivity contribution < 1.29 is 0 Å². The highest BCUT2D eigenvalue weighted by Gasteiger charge is 2.15. The van der Waals surface area contributed by atoms with Gasteiger partial charge in [0.1, 0.15) is 0 Å². The van der Waals surface area contributed by atoms with Gasteiger partial charge in [0.2, 0.25) is 0 Å². The van der Waals surface area contributed by atoms with E-state index in [1.54, 1.807) is 0 Å². The molecule has 0 radical (unpaired) electrons. The van der Waals surface area contributed by atoms with Gasteiger partial charge in [0, 0.05) is 48.0 Å². The average Bonchev–Trinajstić information content (AvgIpc) is 2.61. The highest BCUT2D eigenvalue weighted by molar-refractivity contribution is 5.28. The zero-order valence-electron chi connectivity index (χ0n) is 18.0. The molecule has 146 valence electrons. The second kappa shape index (κ2) is 7.83. The van der Waals surface area contributed by atoms with Crippen LogP contribution in [0.2, 0.25) is 0 Å². The Kier molecular flexibility index (Phi) is 5.64. The van der Waals surface area contributed by atoms with Crippen LogP contribution in [-0.4, -0.2) is 15.0 Å². The van der Waals surface area contributed by atoms with Crippen molar-refractivity contribution in [3.63, 3.8) is 0 Å². The van der Waals surface area contributed by atoms with Gasteiger partial charge in [-0.3, -0.25) is 15.0 Å². The summed E-state index contributed by atoms with van der Waals surface area (Å²) < 4.78 is 0. The summed E-state index contributed by atoms with van der Waals surface area (Å²) in [6.45, 7) is 13.4. The van der Waals surface area contributed by atoms with E-state index >= 15 is 0 Å². The van der Waals surface area contributed by atoms with E-state index in [0.717, 1.165) is 35.6 Å². The van der Waals surface area contributed by atoms with E-state index in [2.05, 4.69) is 94.0 Å². The Labute approximate surface area is 169 Å². The second-order valence-electron chi connectivity index (χ2n) is 9.55. The number of aromatic nitrogens is 3. The van der Waals surface area contributed by atoms with Crippen molar-refractivity contribution in [1.82, 2.24) is 15.0 Å². The molecule has 0 amide bonds. The van der Waals surface area contributed by atoms with Crippen molar-refractivity contribution in [2.24, 2.45) is 0 Å². The van der Waals surface area contributed by atoms with E-state index in [0.29, 0.717) is 0 Å². The molecular weight excluding hydrogens is 342 g/mol. The molecule has 0 aliphatic rings. The smallest absolute Gasteiger partial charge is 0.0466 e. The molecule has 3 aromatic rings. The molecule has 3 rings (SSSR count). The van der Waals surface area contributed by atoms with Crippen LogP contribution in [0, 0.1) is 0 Å². The average molecular weight is 374 g/mol. The quantitative estimate of drug-likeness (QED) is 0.593. The molecule has 0 saturated heterocycles. The van der Waals surface area contributed by atoms with Gasteiger partial charge in [-0.25, -0.2) is 0 Å². The topological polar surface area (TPSA) is 38.7 Å². The Bertz CT molecular complexity index is 871. The minimum atomic E-state index is 0.122. The Hall–Kier alpha value is -2.55. The van der Waals surface area contributed by atoms with Gasteiger partial charge in [-0.05, 0) is 58.4 Å². The van der Waals surface area contributed by atoms with E-state index in [1.165, 1.54) is 11.1 Å². The van der Waals surface area contributed by atoms with E-state index in [4.69, 9.17) is 4.98 Å². The molecule has 0 bridgehead atoms. The maximum Gasteiger partial charge on any atom is 0.0466 e. The first-order chi connectivity index (χ1) is 13.1. The molecule has 28 heavy (non-hydrogen) atoms. The van der Waals surface area contributed by atoms with Crippen LogP contribution in [-0.2, 0) is 23.7 Å². The maximum absolute atomic E-state index is 4.87. The fourth-order valence-electron chi connectivity index (χ4n) is 3.18. The van der Waals surface area contributed by atoms with Gasteiger partial charge in [0.25, 0.3) is 0 Å². The first-order valence-corrected chi connectivity index (χ1v) is 9.97. The summed E-state index contributed by atoms with van der Waals surface area (Å²) in [7, 11) is 0. The van der Waals surface area contributed by atoms with E-state index in [1.807, 2.05) is 12.4 Å². The van der Waals surface area contributed by atoms with Crippen LogP contribution in [0.4, 0.5) is 0 Å². The largest absolute Gasteiger partial charge is 0.261 e. The van der Waals surface area contributed by atoms with Crippen LogP contribution >= 0.6 is 0 Å². The predicted molar refractivity (Wildman–Crippen MR) is 116 cm³/mol. The van der Waals surface area contributed by atoms with Crippen molar-refractivity contribution >= 4 is 0 Å². The van der Waals surface area contributed by atoms with E-state index < -0.39 is 0 Å². The minimum absolute atomic E-state index is 0.122. The van der Waals surface area contributed by atoms with Crippen LogP contribution in [0.1, 0.15) is 75.4 Å². The summed E-state index contributed by atoms with van der Waals surface area (Å²) in [5.41, 5.74) is 7.06. The molecule has 3 heterocycles. The number of nitrogens with zero attached hydrogens (tertiary/aromatic N) is 3. The van der Waals surface area contributed by atoms with Gasteiger partial charge >= 0.3 is 0 Å². The first-order valence-electron chi connectivity index (χ1n) is 9.97. The minimum Gasteiger partial charge on any atom is -0.261 e. The number of hydrogen-bond donors (Lipinski definition) is 0. The standard InChI is InChI=1S/C25H31N3/c1-24(2,3)18-10-12-26-22(14-18)16-20-8-7-9-21(28-20)17-23-15-19(11-13-27-23)25(4,5)6/h7-15H,16-17H2,1-6H3. The Morgan fingerprint density at radius 2 is 1.04 bits per heavy atom. The molecule has 0 atom stereocenters. The highest BCUT2D eigenvalue weighted by atomic mass is 14.7. The Morgan fingerprint density at radius 3 is 1.43 bits per heavy atom. The third-order valence-electron chi connectivity index (χ3n) is 4.95. The zero-order valence-corrected chi connectivity index (χ0v) is 18.0. The lowest BCUT2D eigenvalue weighted by atomic mass is 9.87. The third kappa shape index (κ3) is 5.25. The lowest BCUT2D eigenvalue weighted by molar-refractivity contribution is 0.588. The van der Waals surface area contributed by atoms with Crippen molar-refractivity contribution in [2.45, 2.75) is 65.2 Å². The summed E-state index contributed by atoms with van der Waals surface area (Å²) in [4.78, 5) is 14.0. The summed E-state index contributed by atoms with van der Waals surface area (Å²) in [5.74, 6) is 0. The summed E-state index contributed by atoms with van der Waals surface area (Å²) in [5, 5.41) is 0. The summed E-state index contributed by atoms with van der Waals surface area (Å²) in [6, 6.07) is 14.8. The Balaban J connectivity index is 1.78. The van der Waals surface area contributed by atoms with Crippen LogP contribution in [0.3, 0.4) is 0 Å². The van der Waals surface area contributed by atoms with Crippen LogP contribution < -0.4 is 0 Å². The molecule has 0 aromatic carbocycles. The first kappa shape index (κ1) is 20.2. The lowest BCUT2D eigenvalue weighted by Crippen LogP contribution is -2.12. The fourth-order valence-corrected chi connectivity index (χ4v) is 3.18. The molecule has 0 aliphatic heterocycles.